The average Bonchev–Trinajstić information content (AvgIpc) is 3.57. The molecule has 1 unspecified atom stereocenters. The minimum Gasteiger partial charge on any atom is -0.0661 e. The molecular formula is C41H44. The fraction of sp³-hybridized carbons (Fsp3) is 0.317. The fourth-order valence-corrected chi connectivity index (χ4v) is 7.40. The van der Waals surface area contributed by atoms with Crippen LogP contribution in [0.25, 0.3) is 11.1 Å². The molecule has 0 radical (unpaired) electrons. The summed E-state index contributed by atoms with van der Waals surface area (Å²) < 4.78 is 0. The molecule has 2 aliphatic carbocycles. The molecule has 4 aromatic carbocycles. The van der Waals surface area contributed by atoms with Crippen LogP contribution in [0.15, 0.2) is 120 Å². The van der Waals surface area contributed by atoms with Crippen LogP contribution >= 0.6 is 0 Å². The van der Waals surface area contributed by atoms with Gasteiger partial charge < -0.3 is 0 Å². The van der Waals surface area contributed by atoms with Crippen LogP contribution in [-0.2, 0) is 10.8 Å². The van der Waals surface area contributed by atoms with Crippen LogP contribution in [0.1, 0.15) is 99.1 Å². The highest BCUT2D eigenvalue weighted by molar-refractivity contribution is 5.82. The van der Waals surface area contributed by atoms with Gasteiger partial charge in [-0.05, 0) is 70.5 Å². The maximum atomic E-state index is 2.54. The van der Waals surface area contributed by atoms with Crippen LogP contribution in [0.4, 0.5) is 0 Å². The van der Waals surface area contributed by atoms with E-state index in [9.17, 15) is 0 Å². The van der Waals surface area contributed by atoms with Gasteiger partial charge in [-0.2, -0.15) is 0 Å². The highest BCUT2D eigenvalue weighted by Crippen LogP contribution is 2.61. The Kier molecular flexibility index (Phi) is 7.37. The number of fused-ring (bicyclic) bond motifs is 3. The van der Waals surface area contributed by atoms with Gasteiger partial charge in [0.2, 0.25) is 0 Å². The largest absolute Gasteiger partial charge is 0.0661 e. The molecule has 4 aromatic rings. The topological polar surface area (TPSA) is 0 Å². The van der Waals surface area contributed by atoms with E-state index in [0.717, 1.165) is 6.42 Å². The molecule has 0 saturated heterocycles. The zero-order chi connectivity index (χ0) is 28.6. The molecule has 41 heavy (non-hydrogen) atoms. The highest BCUT2D eigenvalue weighted by atomic mass is 14.5. The van der Waals surface area contributed by atoms with E-state index in [4.69, 9.17) is 0 Å². The third kappa shape index (κ3) is 4.82. The van der Waals surface area contributed by atoms with Gasteiger partial charge in [0.25, 0.3) is 0 Å². The van der Waals surface area contributed by atoms with Crippen molar-refractivity contribution in [3.63, 3.8) is 0 Å². The van der Waals surface area contributed by atoms with E-state index in [0.29, 0.717) is 0 Å². The second-order valence-electron chi connectivity index (χ2n) is 13.3. The Morgan fingerprint density at radius 1 is 0.659 bits per heavy atom. The number of unbranched alkanes of at least 4 members (excludes halogenated alkanes) is 2. The first-order valence-electron chi connectivity index (χ1n) is 15.6. The second-order valence-corrected chi connectivity index (χ2v) is 13.3. The monoisotopic (exact) mass is 536 g/mol. The van der Waals surface area contributed by atoms with Crippen molar-refractivity contribution in [3.05, 3.63) is 154 Å². The molecule has 0 heterocycles. The van der Waals surface area contributed by atoms with Crippen molar-refractivity contribution in [3.8, 4) is 11.1 Å². The molecule has 0 amide bonds. The van der Waals surface area contributed by atoms with Gasteiger partial charge in [-0.1, -0.05) is 166 Å². The normalized spacial score (nSPS) is 16.3. The number of aryl methyl sites for hydroxylation is 1. The maximum absolute atomic E-state index is 2.54. The number of allylic oxidation sites excluding steroid dienone is 4. The average molecular weight is 537 g/mol. The summed E-state index contributed by atoms with van der Waals surface area (Å²) in [6.07, 6.45) is 11.0. The zero-order valence-corrected chi connectivity index (χ0v) is 25.5. The predicted octanol–water partition coefficient (Wildman–Crippen LogP) is 11.2. The first-order chi connectivity index (χ1) is 19.8. The molecule has 0 saturated carbocycles. The van der Waals surface area contributed by atoms with Crippen LogP contribution in [0.3, 0.4) is 0 Å². The number of hydrogen-bond donors (Lipinski definition) is 0. The predicted molar refractivity (Wildman–Crippen MR) is 176 cm³/mol. The van der Waals surface area contributed by atoms with Crippen molar-refractivity contribution in [1.29, 1.82) is 0 Å². The Labute approximate surface area is 247 Å². The Morgan fingerprint density at radius 3 is 1.88 bits per heavy atom. The molecule has 2 aliphatic rings. The summed E-state index contributed by atoms with van der Waals surface area (Å²) in [7, 11) is 0. The third-order valence-corrected chi connectivity index (χ3v) is 9.47. The quantitative estimate of drug-likeness (QED) is 0.196. The van der Waals surface area contributed by atoms with E-state index in [2.05, 4.69) is 144 Å². The molecule has 1 atom stereocenters. The summed E-state index contributed by atoms with van der Waals surface area (Å²) in [6, 6.07) is 37.2. The van der Waals surface area contributed by atoms with Crippen molar-refractivity contribution in [2.45, 2.75) is 83.5 Å². The van der Waals surface area contributed by atoms with Crippen LogP contribution in [0, 0.1) is 6.92 Å². The van der Waals surface area contributed by atoms with E-state index in [1.54, 1.807) is 5.57 Å². The third-order valence-electron chi connectivity index (χ3n) is 9.47. The lowest BCUT2D eigenvalue weighted by Gasteiger charge is -2.44. The SMILES string of the molecule is CCCCCC1=CC=C(C(c2ccccc2)(c2ccccc2)C2c3cc(C)ccc3-c3ccc(C(C)(C)C)cc32)C1. The summed E-state index contributed by atoms with van der Waals surface area (Å²) >= 11 is 0. The van der Waals surface area contributed by atoms with Gasteiger partial charge in [0.05, 0.1) is 5.41 Å². The summed E-state index contributed by atoms with van der Waals surface area (Å²) in [5.41, 5.74) is 14.0. The summed E-state index contributed by atoms with van der Waals surface area (Å²) in [4.78, 5) is 0. The molecule has 0 N–H and O–H groups in total. The van der Waals surface area contributed by atoms with Crippen molar-refractivity contribution in [2.75, 3.05) is 0 Å². The number of benzene rings is 4. The molecule has 0 bridgehead atoms. The summed E-state index contributed by atoms with van der Waals surface area (Å²) in [5.74, 6) is 0.175. The first kappa shape index (κ1) is 27.5. The van der Waals surface area contributed by atoms with Gasteiger partial charge in [-0.3, -0.25) is 0 Å². The van der Waals surface area contributed by atoms with Crippen molar-refractivity contribution < 1.29 is 0 Å². The molecule has 0 aliphatic heterocycles. The van der Waals surface area contributed by atoms with Gasteiger partial charge in [0, 0.05) is 5.92 Å². The number of hydrogen-bond acceptors (Lipinski definition) is 0. The zero-order valence-electron chi connectivity index (χ0n) is 25.5. The smallest absolute Gasteiger partial charge is 0.0526 e. The van der Waals surface area contributed by atoms with Gasteiger partial charge in [0.1, 0.15) is 0 Å². The molecule has 0 aromatic heterocycles. The van der Waals surface area contributed by atoms with Crippen LogP contribution in [0.2, 0.25) is 0 Å². The number of rotatable bonds is 8. The minimum atomic E-state index is -0.324. The maximum Gasteiger partial charge on any atom is 0.0526 e. The van der Waals surface area contributed by atoms with Crippen molar-refractivity contribution in [2.24, 2.45) is 0 Å². The Bertz CT molecular complexity index is 1550. The van der Waals surface area contributed by atoms with Gasteiger partial charge in [-0.15, -0.1) is 0 Å². The molecule has 0 spiro atoms. The summed E-state index contributed by atoms with van der Waals surface area (Å²) in [6.45, 7) is 11.6. The van der Waals surface area contributed by atoms with Crippen molar-refractivity contribution in [1.82, 2.24) is 0 Å². The highest BCUT2D eigenvalue weighted by Gasteiger charge is 2.50. The van der Waals surface area contributed by atoms with Crippen molar-refractivity contribution >= 4 is 0 Å². The van der Waals surface area contributed by atoms with E-state index >= 15 is 0 Å². The van der Waals surface area contributed by atoms with E-state index < -0.39 is 0 Å². The standard InChI is InChI=1S/C41H44/c1-6-7-10-15-30-21-22-34(27-30)41(31-16-11-8-12-17-31,32-18-13-9-14-19-32)39-37-26-29(2)20-24-35(37)36-25-23-33(28-38(36)39)40(3,4)5/h8-9,11-14,16-26,28,39H,6-7,10,15,27H2,1-5H3. The van der Waals surface area contributed by atoms with Crippen LogP contribution in [0.5, 0.6) is 0 Å². The molecule has 0 nitrogen and oxygen atoms in total. The lowest BCUT2D eigenvalue weighted by atomic mass is 9.58. The Morgan fingerprint density at radius 2 is 1.27 bits per heavy atom. The molecule has 0 fully saturated rings. The minimum absolute atomic E-state index is 0.0764. The fourth-order valence-electron chi connectivity index (χ4n) is 7.40. The van der Waals surface area contributed by atoms with E-state index in [1.165, 1.54) is 75.8 Å². The van der Waals surface area contributed by atoms with E-state index in [1.807, 2.05) is 0 Å². The molecule has 6 rings (SSSR count). The van der Waals surface area contributed by atoms with Gasteiger partial charge in [0.15, 0.2) is 0 Å². The second kappa shape index (κ2) is 11.0. The summed E-state index contributed by atoms with van der Waals surface area (Å²) in [5, 5.41) is 0. The lowest BCUT2D eigenvalue weighted by Crippen LogP contribution is -2.37. The van der Waals surface area contributed by atoms with E-state index in [-0.39, 0.29) is 16.7 Å². The van der Waals surface area contributed by atoms with Crippen LogP contribution < -0.4 is 0 Å². The lowest BCUT2D eigenvalue weighted by molar-refractivity contribution is 0.520. The first-order valence-corrected chi connectivity index (χ1v) is 15.6. The molecule has 208 valence electrons. The Balaban J connectivity index is 1.65. The molecule has 0 heteroatoms. The Hall–Kier alpha value is -3.64. The molecular weight excluding hydrogens is 492 g/mol. The van der Waals surface area contributed by atoms with Gasteiger partial charge in [-0.25, -0.2) is 0 Å². The van der Waals surface area contributed by atoms with Gasteiger partial charge >= 0.3 is 0 Å². The van der Waals surface area contributed by atoms with Crippen LogP contribution in [-0.4, -0.2) is 0 Å².